The van der Waals surface area contributed by atoms with Crippen molar-refractivity contribution in [1.82, 2.24) is 0 Å². The summed E-state index contributed by atoms with van der Waals surface area (Å²) in [6, 6.07) is 24.6. The Kier molecular flexibility index (Phi) is 3.09. The van der Waals surface area contributed by atoms with Crippen molar-refractivity contribution >= 4 is 32.7 Å². The van der Waals surface area contributed by atoms with Gasteiger partial charge in [0.2, 0.25) is 0 Å². The molecule has 2 N–H and O–H groups in total. The first-order valence-electron chi connectivity index (χ1n) is 8.40. The van der Waals surface area contributed by atoms with Gasteiger partial charge in [0.05, 0.1) is 6.07 Å². The van der Waals surface area contributed by atoms with Crippen LogP contribution in [-0.2, 0) is 0 Å². The zero-order valence-corrected chi connectivity index (χ0v) is 13.8. The number of hydrogen-bond acceptors (Lipinski definition) is 2. The Balaban J connectivity index is 2.04. The van der Waals surface area contributed by atoms with Crippen molar-refractivity contribution in [2.24, 2.45) is 0 Å². The molecule has 0 aliphatic rings. The molecule has 4 aromatic carbocycles. The second-order valence-corrected chi connectivity index (χ2v) is 6.37. The monoisotopic (exact) mass is 339 g/mol. The smallest absolute Gasteiger partial charge is 0.340 e. The minimum Gasteiger partial charge on any atom is -0.508 e. The third-order valence-electron chi connectivity index (χ3n) is 4.73. The van der Waals surface area contributed by atoms with Crippen molar-refractivity contribution in [3.63, 3.8) is 0 Å². The van der Waals surface area contributed by atoms with Gasteiger partial charge in [-0.2, -0.15) is 0 Å². The Morgan fingerprint density at radius 2 is 1.50 bits per heavy atom. The van der Waals surface area contributed by atoms with E-state index < -0.39 is 0 Å². The third-order valence-corrected chi connectivity index (χ3v) is 4.73. The maximum atomic E-state index is 9.92. The van der Waals surface area contributed by atoms with E-state index in [2.05, 4.69) is 12.1 Å². The summed E-state index contributed by atoms with van der Waals surface area (Å²) in [6.07, 6.45) is 0. The van der Waals surface area contributed by atoms with Crippen molar-refractivity contribution in [2.45, 2.75) is 0 Å². The van der Waals surface area contributed by atoms with Crippen molar-refractivity contribution in [2.75, 3.05) is 0 Å². The van der Waals surface area contributed by atoms with E-state index in [1.54, 1.807) is 24.3 Å². The fourth-order valence-electron chi connectivity index (χ4n) is 3.57. The molecular formula is C23H15O3+. The van der Waals surface area contributed by atoms with Gasteiger partial charge < -0.3 is 9.52 Å². The molecule has 3 heteroatoms. The molecule has 0 radical (unpaired) electrons. The van der Waals surface area contributed by atoms with E-state index in [4.69, 9.17) is 4.42 Å². The molecule has 0 aliphatic heterocycles. The Morgan fingerprint density at radius 3 is 2.35 bits per heavy atom. The number of phenolic OH excluding ortho intramolecular Hbond substituents is 1. The molecule has 0 amide bonds. The third kappa shape index (κ3) is 2.18. The first-order valence-corrected chi connectivity index (χ1v) is 8.40. The van der Waals surface area contributed by atoms with Crippen LogP contribution in [0.1, 0.15) is 0 Å². The number of hydrogen-bond donors (Lipinski definition) is 1. The van der Waals surface area contributed by atoms with Gasteiger partial charge in [-0.1, -0.05) is 36.4 Å². The number of fused-ring (bicyclic) bond motifs is 4. The summed E-state index contributed by atoms with van der Waals surface area (Å²) in [5.41, 5.74) is 3.73. The molecule has 0 saturated carbocycles. The standard InChI is InChI=1S/C23H14O3/c24-16-7-10-18-15(12-16)6-9-20-22(14-4-2-1-3-5-14)19-11-8-17(25)13-21(19)26-23(18)20/h1-13,25H/p+1. The number of aromatic hydroxyl groups is 1. The zero-order valence-electron chi connectivity index (χ0n) is 13.8. The summed E-state index contributed by atoms with van der Waals surface area (Å²) in [4.78, 5) is 9.78. The fourth-order valence-corrected chi connectivity index (χ4v) is 3.57. The molecule has 3 nitrogen and oxygen atoms in total. The average molecular weight is 339 g/mol. The molecule has 1 heterocycles. The van der Waals surface area contributed by atoms with Crippen LogP contribution in [0.25, 0.3) is 43.8 Å². The zero-order chi connectivity index (χ0) is 17.7. The van der Waals surface area contributed by atoms with E-state index in [-0.39, 0.29) is 11.2 Å². The lowest BCUT2D eigenvalue weighted by Gasteiger charge is -2.13. The Bertz CT molecular complexity index is 1350. The highest BCUT2D eigenvalue weighted by molar-refractivity contribution is 6.15. The van der Waals surface area contributed by atoms with Gasteiger partial charge in [0, 0.05) is 33.9 Å². The summed E-state index contributed by atoms with van der Waals surface area (Å²) in [6.45, 7) is 0. The molecule has 26 heavy (non-hydrogen) atoms. The maximum absolute atomic E-state index is 9.92. The van der Waals surface area contributed by atoms with Gasteiger partial charge >= 0.3 is 5.43 Å². The fraction of sp³-hybridized carbons (Fsp3) is 0. The van der Waals surface area contributed by atoms with Crippen LogP contribution in [0.2, 0.25) is 0 Å². The van der Waals surface area contributed by atoms with Crippen LogP contribution in [0.4, 0.5) is 0 Å². The van der Waals surface area contributed by atoms with Gasteiger partial charge in [-0.25, -0.2) is 0 Å². The van der Waals surface area contributed by atoms with Crippen molar-refractivity contribution in [3.05, 3.63) is 84.3 Å². The van der Waals surface area contributed by atoms with Crippen LogP contribution < -0.4 is 5.43 Å². The average Bonchev–Trinajstić information content (AvgIpc) is 2.66. The summed E-state index contributed by atoms with van der Waals surface area (Å²) < 4.78 is 6.20. The lowest BCUT2D eigenvalue weighted by molar-refractivity contribution is 0.474. The number of rotatable bonds is 1. The minimum atomic E-state index is 0.164. The molecule has 0 unspecified atom stereocenters. The predicted molar refractivity (Wildman–Crippen MR) is 103 cm³/mol. The highest BCUT2D eigenvalue weighted by atomic mass is 16.3. The van der Waals surface area contributed by atoms with Crippen LogP contribution in [0, 0.1) is 0 Å². The van der Waals surface area contributed by atoms with E-state index in [0.29, 0.717) is 5.58 Å². The molecule has 0 fully saturated rings. The maximum Gasteiger partial charge on any atom is 0.340 e. The largest absolute Gasteiger partial charge is 0.508 e. The van der Waals surface area contributed by atoms with Gasteiger partial charge in [-0.3, -0.25) is 4.79 Å². The van der Waals surface area contributed by atoms with Gasteiger partial charge in [0.25, 0.3) is 0 Å². The van der Waals surface area contributed by atoms with Crippen molar-refractivity contribution < 1.29 is 14.3 Å². The molecule has 5 aromatic rings. The Hall–Kier alpha value is -3.59. The molecular weight excluding hydrogens is 324 g/mol. The second-order valence-electron chi connectivity index (χ2n) is 6.37. The SMILES string of the molecule is Oc1ccc2c(-c3ccccc3)c3ccc4cc(=[OH+])ccc4c3oc2c1. The topological polar surface area (TPSA) is 54.8 Å². The Morgan fingerprint density at radius 1 is 0.731 bits per heavy atom. The van der Waals surface area contributed by atoms with E-state index in [1.165, 1.54) is 0 Å². The second kappa shape index (κ2) is 5.46. The van der Waals surface area contributed by atoms with Crippen molar-refractivity contribution in [3.8, 4) is 16.9 Å². The van der Waals surface area contributed by atoms with Crippen LogP contribution in [-0.4, -0.2) is 9.90 Å². The molecule has 0 spiro atoms. The predicted octanol–water partition coefficient (Wildman–Crippen LogP) is 5.12. The first-order chi connectivity index (χ1) is 12.7. The van der Waals surface area contributed by atoms with Crippen LogP contribution in [0.15, 0.2) is 83.3 Å². The number of benzene rings is 4. The first kappa shape index (κ1) is 14.7. The quantitative estimate of drug-likeness (QED) is 0.262. The lowest BCUT2D eigenvalue weighted by Crippen LogP contribution is -1.97. The molecule has 0 aliphatic carbocycles. The summed E-state index contributed by atoms with van der Waals surface area (Å²) in [5.74, 6) is 0.164. The van der Waals surface area contributed by atoms with Gasteiger partial charge in [-0.15, -0.1) is 0 Å². The van der Waals surface area contributed by atoms with Crippen LogP contribution >= 0.6 is 0 Å². The van der Waals surface area contributed by atoms with E-state index >= 15 is 0 Å². The van der Waals surface area contributed by atoms with Crippen LogP contribution in [0.5, 0.6) is 5.75 Å². The lowest BCUT2D eigenvalue weighted by atomic mass is 9.95. The van der Waals surface area contributed by atoms with E-state index in [0.717, 1.165) is 38.3 Å². The highest BCUT2D eigenvalue weighted by Gasteiger charge is 2.15. The van der Waals surface area contributed by atoms with Crippen LogP contribution in [0.3, 0.4) is 0 Å². The normalized spacial score (nSPS) is 11.4. The van der Waals surface area contributed by atoms with E-state index in [9.17, 15) is 9.90 Å². The molecule has 1 aromatic heterocycles. The molecule has 0 atom stereocenters. The molecule has 0 bridgehead atoms. The Labute approximate surface area is 148 Å². The summed E-state index contributed by atoms with van der Waals surface area (Å²) >= 11 is 0. The van der Waals surface area contributed by atoms with Gasteiger partial charge in [0.1, 0.15) is 16.9 Å². The highest BCUT2D eigenvalue weighted by Crippen LogP contribution is 2.39. The van der Waals surface area contributed by atoms with Gasteiger partial charge in [-0.05, 0) is 35.2 Å². The number of phenols is 1. The van der Waals surface area contributed by atoms with Gasteiger partial charge in [0.15, 0.2) is 0 Å². The van der Waals surface area contributed by atoms with Crippen molar-refractivity contribution in [1.29, 1.82) is 0 Å². The minimum absolute atomic E-state index is 0.164. The molecule has 124 valence electrons. The van der Waals surface area contributed by atoms with E-state index in [1.807, 2.05) is 42.5 Å². The summed E-state index contributed by atoms with van der Waals surface area (Å²) in [7, 11) is 0. The molecule has 5 rings (SSSR count). The molecule has 0 saturated heterocycles. The summed E-state index contributed by atoms with van der Waals surface area (Å²) in [5, 5.41) is 13.7.